The molecule has 0 fully saturated rings. The zero-order chi connectivity index (χ0) is 13.8. The minimum Gasteiger partial charge on any atom is -0.478 e. The van der Waals surface area contributed by atoms with Crippen molar-refractivity contribution < 1.29 is 18.7 Å². The summed E-state index contributed by atoms with van der Waals surface area (Å²) in [6.07, 6.45) is 1.57. The molecular weight excluding hydrogens is 249 g/mol. The van der Waals surface area contributed by atoms with Crippen molar-refractivity contribution >= 4 is 5.97 Å². The number of furan rings is 1. The van der Waals surface area contributed by atoms with Crippen molar-refractivity contribution in [3.8, 4) is 0 Å². The fourth-order valence-electron chi connectivity index (χ4n) is 1.74. The van der Waals surface area contributed by atoms with Crippen LogP contribution in [0.1, 0.15) is 34.6 Å². The van der Waals surface area contributed by atoms with E-state index in [-0.39, 0.29) is 18.2 Å². The largest absolute Gasteiger partial charge is 0.478 e. The summed E-state index contributed by atoms with van der Waals surface area (Å²) >= 11 is 0. The van der Waals surface area contributed by atoms with Gasteiger partial charge in [-0.15, -0.1) is 0 Å². The van der Waals surface area contributed by atoms with Gasteiger partial charge in [0.2, 0.25) is 0 Å². The van der Waals surface area contributed by atoms with Crippen LogP contribution in [0, 0.1) is 5.82 Å². The van der Waals surface area contributed by atoms with Crippen LogP contribution in [0.3, 0.4) is 0 Å². The second-order valence-corrected chi connectivity index (χ2v) is 4.23. The highest BCUT2D eigenvalue weighted by atomic mass is 19.1. The predicted octanol–water partition coefficient (Wildman–Crippen LogP) is 2.97. The molecule has 0 saturated heterocycles. The molecule has 0 saturated carbocycles. The van der Waals surface area contributed by atoms with E-state index in [4.69, 9.17) is 9.52 Å². The molecule has 0 radical (unpaired) electrons. The van der Waals surface area contributed by atoms with Gasteiger partial charge in [0.05, 0.1) is 17.9 Å². The third-order valence-corrected chi connectivity index (χ3v) is 2.86. The molecule has 0 spiro atoms. The summed E-state index contributed by atoms with van der Waals surface area (Å²) in [5.74, 6) is -0.751. The van der Waals surface area contributed by atoms with Crippen molar-refractivity contribution in [2.75, 3.05) is 0 Å². The number of halogens is 1. The molecule has 1 aromatic carbocycles. The Balaban J connectivity index is 2.06. The Kier molecular flexibility index (Phi) is 3.97. The smallest absolute Gasteiger partial charge is 0.335 e. The first-order valence-electron chi connectivity index (χ1n) is 5.86. The Morgan fingerprint density at radius 3 is 2.89 bits per heavy atom. The van der Waals surface area contributed by atoms with E-state index in [1.165, 1.54) is 12.1 Å². The quantitative estimate of drug-likeness (QED) is 0.870. The summed E-state index contributed by atoms with van der Waals surface area (Å²) < 4.78 is 18.8. The first kappa shape index (κ1) is 13.3. The number of aromatic carboxylic acids is 1. The van der Waals surface area contributed by atoms with E-state index in [1.807, 2.05) is 13.0 Å². The lowest BCUT2D eigenvalue weighted by atomic mass is 10.1. The maximum absolute atomic E-state index is 13.6. The number of rotatable bonds is 5. The van der Waals surface area contributed by atoms with Crippen molar-refractivity contribution in [1.82, 2.24) is 5.32 Å². The molecule has 2 N–H and O–H groups in total. The summed E-state index contributed by atoms with van der Waals surface area (Å²) in [6, 6.07) is 7.26. The number of nitrogens with one attached hydrogen (secondary N) is 1. The molecule has 2 aromatic rings. The van der Waals surface area contributed by atoms with Crippen LogP contribution in [0.2, 0.25) is 0 Å². The number of benzene rings is 1. The Morgan fingerprint density at radius 2 is 2.26 bits per heavy atom. The van der Waals surface area contributed by atoms with Crippen LogP contribution in [-0.2, 0) is 6.54 Å². The summed E-state index contributed by atoms with van der Waals surface area (Å²) in [5, 5.41) is 12.0. The lowest BCUT2D eigenvalue weighted by Gasteiger charge is -2.12. The zero-order valence-electron chi connectivity index (χ0n) is 10.4. The molecule has 2 rings (SSSR count). The van der Waals surface area contributed by atoms with Gasteiger partial charge in [-0.1, -0.05) is 0 Å². The predicted molar refractivity (Wildman–Crippen MR) is 67.3 cm³/mol. The van der Waals surface area contributed by atoms with Crippen molar-refractivity contribution in [2.24, 2.45) is 0 Å². The first-order chi connectivity index (χ1) is 9.08. The normalized spacial score (nSPS) is 12.3. The van der Waals surface area contributed by atoms with Crippen LogP contribution in [0.4, 0.5) is 4.39 Å². The Hall–Kier alpha value is -2.14. The van der Waals surface area contributed by atoms with Gasteiger partial charge in [-0.25, -0.2) is 9.18 Å². The topological polar surface area (TPSA) is 62.5 Å². The average molecular weight is 263 g/mol. The van der Waals surface area contributed by atoms with E-state index in [0.29, 0.717) is 5.56 Å². The third-order valence-electron chi connectivity index (χ3n) is 2.86. The van der Waals surface area contributed by atoms with Gasteiger partial charge in [0.1, 0.15) is 11.6 Å². The van der Waals surface area contributed by atoms with Gasteiger partial charge in [0, 0.05) is 12.1 Å². The van der Waals surface area contributed by atoms with Gasteiger partial charge in [-0.2, -0.15) is 0 Å². The number of carboxylic acids is 1. The number of hydrogen-bond acceptors (Lipinski definition) is 3. The molecular formula is C14H14FNO3. The SMILES string of the molecule is CC(NCc1cc(C(=O)O)ccc1F)c1ccco1. The molecule has 0 aliphatic rings. The molecule has 100 valence electrons. The lowest BCUT2D eigenvalue weighted by molar-refractivity contribution is 0.0696. The molecule has 0 aliphatic carbocycles. The van der Waals surface area contributed by atoms with E-state index in [9.17, 15) is 9.18 Å². The van der Waals surface area contributed by atoms with Crippen LogP contribution >= 0.6 is 0 Å². The monoisotopic (exact) mass is 263 g/mol. The first-order valence-corrected chi connectivity index (χ1v) is 5.86. The van der Waals surface area contributed by atoms with Gasteiger partial charge in [-0.05, 0) is 37.3 Å². The van der Waals surface area contributed by atoms with Crippen LogP contribution in [0.25, 0.3) is 0 Å². The van der Waals surface area contributed by atoms with Gasteiger partial charge in [-0.3, -0.25) is 0 Å². The van der Waals surface area contributed by atoms with Gasteiger partial charge in [0.25, 0.3) is 0 Å². The zero-order valence-corrected chi connectivity index (χ0v) is 10.4. The Labute approximate surface area is 109 Å². The highest BCUT2D eigenvalue weighted by Gasteiger charge is 2.11. The molecule has 1 atom stereocenters. The molecule has 1 heterocycles. The van der Waals surface area contributed by atoms with E-state index in [2.05, 4.69) is 5.32 Å². The highest BCUT2D eigenvalue weighted by molar-refractivity contribution is 5.87. The second kappa shape index (κ2) is 5.67. The molecule has 1 aromatic heterocycles. The molecule has 5 heteroatoms. The third kappa shape index (κ3) is 3.20. The molecule has 0 bridgehead atoms. The van der Waals surface area contributed by atoms with Crippen LogP contribution in [-0.4, -0.2) is 11.1 Å². The summed E-state index contributed by atoms with van der Waals surface area (Å²) in [5.41, 5.74) is 0.391. The van der Waals surface area contributed by atoms with Gasteiger partial charge >= 0.3 is 5.97 Å². The van der Waals surface area contributed by atoms with E-state index < -0.39 is 11.8 Å². The number of hydrogen-bond donors (Lipinski definition) is 2. The minimum atomic E-state index is -1.07. The molecule has 1 unspecified atom stereocenters. The summed E-state index contributed by atoms with van der Waals surface area (Å²) in [4.78, 5) is 10.8. The maximum atomic E-state index is 13.6. The van der Waals surface area contributed by atoms with Gasteiger partial charge in [0.15, 0.2) is 0 Å². The van der Waals surface area contributed by atoms with E-state index >= 15 is 0 Å². The van der Waals surface area contributed by atoms with Crippen LogP contribution in [0.5, 0.6) is 0 Å². The Morgan fingerprint density at radius 1 is 1.47 bits per heavy atom. The minimum absolute atomic E-state index is 0.0730. The van der Waals surface area contributed by atoms with Crippen LogP contribution in [0.15, 0.2) is 41.0 Å². The van der Waals surface area contributed by atoms with Crippen molar-refractivity contribution in [3.63, 3.8) is 0 Å². The highest BCUT2D eigenvalue weighted by Crippen LogP contribution is 2.15. The standard InChI is InChI=1S/C14H14FNO3/c1-9(13-3-2-6-19-13)16-8-11-7-10(14(17)18)4-5-12(11)15/h2-7,9,16H,8H2,1H3,(H,17,18). The van der Waals surface area contributed by atoms with Crippen LogP contribution < -0.4 is 5.32 Å². The van der Waals surface area contributed by atoms with E-state index in [1.54, 1.807) is 12.3 Å². The van der Waals surface area contributed by atoms with E-state index in [0.717, 1.165) is 11.8 Å². The van der Waals surface area contributed by atoms with Crippen molar-refractivity contribution in [3.05, 3.63) is 59.3 Å². The average Bonchev–Trinajstić information content (AvgIpc) is 2.91. The maximum Gasteiger partial charge on any atom is 0.335 e. The molecule has 4 nitrogen and oxygen atoms in total. The second-order valence-electron chi connectivity index (χ2n) is 4.23. The molecule has 0 amide bonds. The number of carboxylic acid groups (broad SMARTS) is 1. The fourth-order valence-corrected chi connectivity index (χ4v) is 1.74. The summed E-state index contributed by atoms with van der Waals surface area (Å²) in [6.45, 7) is 2.12. The lowest BCUT2D eigenvalue weighted by Crippen LogP contribution is -2.18. The van der Waals surface area contributed by atoms with Gasteiger partial charge < -0.3 is 14.8 Å². The molecule has 19 heavy (non-hydrogen) atoms. The van der Waals surface area contributed by atoms with Crippen molar-refractivity contribution in [2.45, 2.75) is 19.5 Å². The summed E-state index contributed by atoms with van der Waals surface area (Å²) in [7, 11) is 0. The molecule has 0 aliphatic heterocycles. The van der Waals surface area contributed by atoms with Crippen molar-refractivity contribution in [1.29, 1.82) is 0 Å². The Bertz CT molecular complexity index is 566. The number of carbonyl (C=O) groups is 1. The fraction of sp³-hybridized carbons (Fsp3) is 0.214.